The number of benzene rings is 1. The Kier molecular flexibility index (Phi) is 4.96. The molecule has 0 spiro atoms. The van der Waals surface area contributed by atoms with Crippen molar-refractivity contribution in [1.82, 2.24) is 19.9 Å². The summed E-state index contributed by atoms with van der Waals surface area (Å²) in [5.74, 6) is 0.570. The van der Waals surface area contributed by atoms with Crippen LogP contribution in [0.5, 0.6) is 0 Å². The van der Waals surface area contributed by atoms with E-state index in [2.05, 4.69) is 24.8 Å². The summed E-state index contributed by atoms with van der Waals surface area (Å²) in [5, 5.41) is 0. The van der Waals surface area contributed by atoms with Crippen molar-refractivity contribution in [3.8, 4) is 0 Å². The molecule has 0 N–H and O–H groups in total. The summed E-state index contributed by atoms with van der Waals surface area (Å²) in [4.78, 5) is 17.2. The van der Waals surface area contributed by atoms with Gasteiger partial charge < -0.3 is 9.80 Å². The van der Waals surface area contributed by atoms with E-state index in [1.807, 2.05) is 32.3 Å². The van der Waals surface area contributed by atoms with Crippen LogP contribution in [0.4, 0.5) is 10.2 Å². The lowest BCUT2D eigenvalue weighted by atomic mass is 10.2. The lowest BCUT2D eigenvalue weighted by molar-refractivity contribution is 0.411. The third kappa shape index (κ3) is 3.83. The minimum atomic E-state index is -0.201. The van der Waals surface area contributed by atoms with Crippen molar-refractivity contribution in [2.24, 2.45) is 0 Å². The number of pyridine rings is 1. The monoisotopic (exact) mass is 325 g/mol. The second-order valence-corrected chi connectivity index (χ2v) is 5.88. The smallest absolute Gasteiger partial charge is 0.180 e. The first-order chi connectivity index (χ1) is 11.6. The number of hydrogen-bond acceptors (Lipinski definition) is 5. The fraction of sp³-hybridized carbons (Fsp3) is 0.278. The number of anilines is 1. The molecule has 0 aliphatic heterocycles. The maximum absolute atomic E-state index is 14.0. The van der Waals surface area contributed by atoms with Crippen LogP contribution in [0.1, 0.15) is 5.56 Å². The zero-order valence-electron chi connectivity index (χ0n) is 13.9. The number of hydrogen-bond donors (Lipinski definition) is 0. The van der Waals surface area contributed by atoms with Crippen molar-refractivity contribution in [3.05, 3.63) is 60.2 Å². The van der Waals surface area contributed by atoms with E-state index in [-0.39, 0.29) is 5.82 Å². The van der Waals surface area contributed by atoms with Gasteiger partial charge in [0.1, 0.15) is 17.2 Å². The highest BCUT2D eigenvalue weighted by Gasteiger charge is 2.13. The van der Waals surface area contributed by atoms with Crippen LogP contribution in [0.2, 0.25) is 0 Å². The summed E-state index contributed by atoms with van der Waals surface area (Å²) >= 11 is 0. The van der Waals surface area contributed by atoms with Crippen LogP contribution in [0, 0.1) is 5.82 Å². The molecular formula is C18H20FN5. The van der Waals surface area contributed by atoms with Crippen molar-refractivity contribution in [1.29, 1.82) is 0 Å². The summed E-state index contributed by atoms with van der Waals surface area (Å²) in [6.45, 7) is 2.04. The second-order valence-electron chi connectivity index (χ2n) is 5.88. The summed E-state index contributed by atoms with van der Waals surface area (Å²) in [5.41, 5.74) is 2.00. The third-order valence-electron chi connectivity index (χ3n) is 3.78. The molecular weight excluding hydrogens is 305 g/mol. The Bertz CT molecular complexity index is 821. The van der Waals surface area contributed by atoms with Gasteiger partial charge in [-0.2, -0.15) is 0 Å². The van der Waals surface area contributed by atoms with Gasteiger partial charge >= 0.3 is 0 Å². The molecule has 0 aliphatic rings. The Morgan fingerprint density at radius 2 is 1.75 bits per heavy atom. The predicted octanol–water partition coefficient (Wildman–Crippen LogP) is 2.73. The topological polar surface area (TPSA) is 45.2 Å². The van der Waals surface area contributed by atoms with Gasteiger partial charge in [0, 0.05) is 37.6 Å². The molecule has 24 heavy (non-hydrogen) atoms. The van der Waals surface area contributed by atoms with Crippen molar-refractivity contribution < 1.29 is 4.39 Å². The molecule has 0 aliphatic carbocycles. The summed E-state index contributed by atoms with van der Waals surface area (Å²) in [6, 6.07) is 10.6. The van der Waals surface area contributed by atoms with Crippen LogP contribution >= 0.6 is 0 Å². The zero-order valence-corrected chi connectivity index (χ0v) is 13.9. The molecule has 2 aromatic heterocycles. The van der Waals surface area contributed by atoms with E-state index in [0.29, 0.717) is 17.8 Å². The number of aromatic nitrogens is 3. The van der Waals surface area contributed by atoms with Gasteiger partial charge in [-0.05, 0) is 32.3 Å². The molecule has 0 bridgehead atoms. The Labute approximate surface area is 140 Å². The van der Waals surface area contributed by atoms with Crippen molar-refractivity contribution in [2.75, 3.05) is 32.1 Å². The third-order valence-corrected chi connectivity index (χ3v) is 3.78. The number of fused-ring (bicyclic) bond motifs is 1. The molecule has 0 saturated carbocycles. The molecule has 0 fully saturated rings. The van der Waals surface area contributed by atoms with E-state index in [1.54, 1.807) is 24.5 Å². The van der Waals surface area contributed by atoms with Crippen LogP contribution in [0.25, 0.3) is 11.2 Å². The molecule has 0 unspecified atom stereocenters. The first-order valence-corrected chi connectivity index (χ1v) is 7.84. The number of rotatable bonds is 6. The average molecular weight is 325 g/mol. The summed E-state index contributed by atoms with van der Waals surface area (Å²) in [6.07, 6.45) is 3.27. The van der Waals surface area contributed by atoms with Gasteiger partial charge in [0.15, 0.2) is 5.65 Å². The van der Waals surface area contributed by atoms with Gasteiger partial charge in [-0.3, -0.25) is 4.98 Å². The predicted molar refractivity (Wildman–Crippen MR) is 93.3 cm³/mol. The lowest BCUT2D eigenvalue weighted by Crippen LogP contribution is -2.32. The average Bonchev–Trinajstić information content (AvgIpc) is 2.59. The maximum atomic E-state index is 14.0. The van der Waals surface area contributed by atoms with Gasteiger partial charge in [0.2, 0.25) is 0 Å². The number of nitrogens with zero attached hydrogens (tertiary/aromatic N) is 5. The highest BCUT2D eigenvalue weighted by Crippen LogP contribution is 2.19. The minimum Gasteiger partial charge on any atom is -0.351 e. The van der Waals surface area contributed by atoms with E-state index in [0.717, 1.165) is 24.4 Å². The zero-order chi connectivity index (χ0) is 16.9. The van der Waals surface area contributed by atoms with Crippen molar-refractivity contribution in [3.63, 3.8) is 0 Å². The van der Waals surface area contributed by atoms with Gasteiger partial charge in [-0.15, -0.1) is 0 Å². The molecule has 5 nitrogen and oxygen atoms in total. The fourth-order valence-electron chi connectivity index (χ4n) is 2.45. The van der Waals surface area contributed by atoms with Crippen molar-refractivity contribution >= 4 is 17.0 Å². The van der Waals surface area contributed by atoms with Crippen LogP contribution in [-0.4, -0.2) is 47.0 Å². The van der Waals surface area contributed by atoms with E-state index in [4.69, 9.17) is 0 Å². The minimum absolute atomic E-state index is 0.201. The van der Waals surface area contributed by atoms with Crippen LogP contribution in [0.15, 0.2) is 48.8 Å². The van der Waals surface area contributed by atoms with Crippen LogP contribution < -0.4 is 4.90 Å². The van der Waals surface area contributed by atoms with Crippen molar-refractivity contribution in [2.45, 2.75) is 6.54 Å². The van der Waals surface area contributed by atoms with E-state index >= 15 is 0 Å². The standard InChI is InChI=1S/C18H20FN5/c1-23(2)11-12-24(13-14-5-3-4-6-15(14)19)17-8-7-16-18(22-17)21-10-9-20-16/h3-10H,11-13H2,1-2H3. The molecule has 0 amide bonds. The molecule has 124 valence electrons. The molecule has 3 rings (SSSR count). The Morgan fingerprint density at radius 1 is 0.958 bits per heavy atom. The SMILES string of the molecule is CN(C)CCN(Cc1ccccc1F)c1ccc2nccnc2n1. The van der Waals surface area contributed by atoms with E-state index < -0.39 is 0 Å². The lowest BCUT2D eigenvalue weighted by Gasteiger charge is -2.25. The van der Waals surface area contributed by atoms with Gasteiger partial charge in [-0.1, -0.05) is 18.2 Å². The number of likely N-dealkylation sites (N-methyl/N-ethyl adjacent to an activating group) is 1. The van der Waals surface area contributed by atoms with E-state index in [1.165, 1.54) is 6.07 Å². The largest absolute Gasteiger partial charge is 0.351 e. The fourth-order valence-corrected chi connectivity index (χ4v) is 2.45. The quantitative estimate of drug-likeness (QED) is 0.697. The molecule has 6 heteroatoms. The Balaban J connectivity index is 1.91. The normalized spacial score (nSPS) is 11.2. The van der Waals surface area contributed by atoms with Gasteiger partial charge in [-0.25, -0.2) is 14.4 Å². The second kappa shape index (κ2) is 7.31. The first-order valence-electron chi connectivity index (χ1n) is 7.84. The van der Waals surface area contributed by atoms with Gasteiger partial charge in [0.25, 0.3) is 0 Å². The van der Waals surface area contributed by atoms with Crippen LogP contribution in [0.3, 0.4) is 0 Å². The molecule has 0 radical (unpaired) electrons. The summed E-state index contributed by atoms with van der Waals surface area (Å²) < 4.78 is 14.0. The number of halogens is 1. The van der Waals surface area contributed by atoms with E-state index in [9.17, 15) is 4.39 Å². The van der Waals surface area contributed by atoms with Gasteiger partial charge in [0.05, 0.1) is 0 Å². The Hall–Kier alpha value is -2.60. The molecule has 1 aromatic carbocycles. The first kappa shape index (κ1) is 16.3. The molecule has 0 saturated heterocycles. The Morgan fingerprint density at radius 3 is 2.54 bits per heavy atom. The molecule has 0 atom stereocenters. The van der Waals surface area contributed by atoms with Crippen LogP contribution in [-0.2, 0) is 6.54 Å². The highest BCUT2D eigenvalue weighted by atomic mass is 19.1. The molecule has 3 aromatic rings. The molecule has 2 heterocycles. The highest BCUT2D eigenvalue weighted by molar-refractivity contribution is 5.71. The summed E-state index contributed by atoms with van der Waals surface area (Å²) in [7, 11) is 4.03. The maximum Gasteiger partial charge on any atom is 0.180 e.